The second-order valence-electron chi connectivity index (χ2n) is 9.04. The van der Waals surface area contributed by atoms with Crippen molar-refractivity contribution in [2.75, 3.05) is 32.6 Å². The van der Waals surface area contributed by atoms with Gasteiger partial charge in [0.1, 0.15) is 17.3 Å². The summed E-state index contributed by atoms with van der Waals surface area (Å²) >= 11 is 1.73. The summed E-state index contributed by atoms with van der Waals surface area (Å²) in [6, 6.07) is 15.7. The Kier molecular flexibility index (Phi) is 7.37. The lowest BCUT2D eigenvalue weighted by molar-refractivity contribution is 0.129. The summed E-state index contributed by atoms with van der Waals surface area (Å²) in [7, 11) is 1.70. The molecule has 2 aliphatic rings. The van der Waals surface area contributed by atoms with E-state index in [9.17, 15) is 5.11 Å². The van der Waals surface area contributed by atoms with Crippen molar-refractivity contribution >= 4 is 11.8 Å². The summed E-state index contributed by atoms with van der Waals surface area (Å²) in [5, 5.41) is 19.8. The average molecular weight is 481 g/mol. The molecule has 180 valence electrons. The molecule has 0 amide bonds. The first kappa shape index (κ1) is 23.2. The summed E-state index contributed by atoms with van der Waals surface area (Å²) in [6.07, 6.45) is 4.63. The number of thioether (sulfide) groups is 1. The number of phenolic OH excluding ortho intramolecular Hbond substituents is 1. The number of phenols is 1. The molecule has 8 heteroatoms. The summed E-state index contributed by atoms with van der Waals surface area (Å²) in [6.45, 7) is 3.78. The molecule has 0 aliphatic carbocycles. The van der Waals surface area contributed by atoms with Crippen LogP contribution in [-0.2, 0) is 11.3 Å². The van der Waals surface area contributed by atoms with Gasteiger partial charge < -0.3 is 14.6 Å². The molecule has 1 N–H and O–H groups in total. The number of aromatic hydroxyl groups is 1. The second-order valence-corrected chi connectivity index (χ2v) is 10.0. The van der Waals surface area contributed by atoms with Crippen LogP contribution in [0.1, 0.15) is 43.0 Å². The number of ether oxygens (including phenoxy) is 2. The van der Waals surface area contributed by atoms with Gasteiger partial charge in [0.15, 0.2) is 5.16 Å². The fourth-order valence-corrected chi connectivity index (χ4v) is 5.81. The van der Waals surface area contributed by atoms with E-state index in [-0.39, 0.29) is 0 Å². The first-order chi connectivity index (χ1) is 16.7. The van der Waals surface area contributed by atoms with Gasteiger partial charge in [-0.25, -0.2) is 0 Å². The van der Waals surface area contributed by atoms with E-state index in [0.717, 1.165) is 80.1 Å². The van der Waals surface area contributed by atoms with E-state index < -0.39 is 0 Å². The molecule has 0 spiro atoms. The van der Waals surface area contributed by atoms with Crippen LogP contribution in [0.3, 0.4) is 0 Å². The van der Waals surface area contributed by atoms with E-state index in [2.05, 4.69) is 26.7 Å². The molecule has 1 atom stereocenters. The molecule has 2 fully saturated rings. The van der Waals surface area contributed by atoms with Crippen LogP contribution in [0.4, 0.5) is 0 Å². The molecule has 1 unspecified atom stereocenters. The van der Waals surface area contributed by atoms with E-state index in [4.69, 9.17) is 14.6 Å². The van der Waals surface area contributed by atoms with Gasteiger partial charge in [0.25, 0.3) is 0 Å². The van der Waals surface area contributed by atoms with Crippen LogP contribution < -0.4 is 4.74 Å². The Bertz CT molecular complexity index is 1070. The third kappa shape index (κ3) is 5.40. The Morgan fingerprint density at radius 3 is 2.65 bits per heavy atom. The zero-order valence-corrected chi connectivity index (χ0v) is 20.4. The van der Waals surface area contributed by atoms with Gasteiger partial charge in [-0.1, -0.05) is 30.0 Å². The summed E-state index contributed by atoms with van der Waals surface area (Å²) < 4.78 is 13.5. The third-order valence-corrected chi connectivity index (χ3v) is 7.75. The fourth-order valence-electron chi connectivity index (χ4n) is 4.78. The lowest BCUT2D eigenvalue weighted by Crippen LogP contribution is -2.33. The van der Waals surface area contributed by atoms with Gasteiger partial charge in [-0.15, -0.1) is 10.2 Å². The molecule has 5 rings (SSSR count). The number of likely N-dealkylation sites (tertiary alicyclic amines) is 1. The largest absolute Gasteiger partial charge is 0.508 e. The lowest BCUT2D eigenvalue weighted by atomic mass is 9.95. The van der Waals surface area contributed by atoms with E-state index in [1.54, 1.807) is 31.0 Å². The van der Waals surface area contributed by atoms with E-state index in [1.165, 1.54) is 5.56 Å². The highest BCUT2D eigenvalue weighted by Crippen LogP contribution is 2.34. The second kappa shape index (κ2) is 10.8. The molecule has 7 nitrogen and oxygen atoms in total. The number of rotatable bonds is 8. The van der Waals surface area contributed by atoms with Crippen LogP contribution in [0.2, 0.25) is 0 Å². The van der Waals surface area contributed by atoms with Crippen molar-refractivity contribution in [2.24, 2.45) is 0 Å². The minimum Gasteiger partial charge on any atom is -0.508 e. The number of methoxy groups -OCH3 is 1. The van der Waals surface area contributed by atoms with Crippen LogP contribution in [0.25, 0.3) is 5.69 Å². The summed E-state index contributed by atoms with van der Waals surface area (Å²) in [5.74, 6) is 3.43. The Labute approximate surface area is 205 Å². The van der Waals surface area contributed by atoms with Gasteiger partial charge in [0.05, 0.1) is 18.9 Å². The van der Waals surface area contributed by atoms with E-state index >= 15 is 0 Å². The molecule has 0 bridgehead atoms. The maximum absolute atomic E-state index is 9.53. The quantitative estimate of drug-likeness (QED) is 0.471. The van der Waals surface area contributed by atoms with Crippen molar-refractivity contribution in [2.45, 2.75) is 49.4 Å². The highest BCUT2D eigenvalue weighted by atomic mass is 32.2. The molecule has 2 saturated heterocycles. The highest BCUT2D eigenvalue weighted by molar-refractivity contribution is 7.99. The molecule has 0 radical (unpaired) electrons. The first-order valence-corrected chi connectivity index (χ1v) is 13.0. The van der Waals surface area contributed by atoms with Crippen molar-refractivity contribution in [3.05, 3.63) is 59.9 Å². The standard InChI is InChI=1S/C26H32N4O3S/c1-32-23-5-2-4-21(16-23)30-25(27-28-26(30)34-18-24-6-3-15-33-24)20-11-13-29(14-12-20)17-19-7-9-22(31)10-8-19/h2,4-5,7-10,16,20,24,31H,3,6,11-15,17-18H2,1H3. The van der Waals surface area contributed by atoms with Gasteiger partial charge in [0, 0.05) is 30.9 Å². The molecule has 2 aromatic carbocycles. The van der Waals surface area contributed by atoms with Crippen molar-refractivity contribution in [1.82, 2.24) is 19.7 Å². The van der Waals surface area contributed by atoms with E-state index in [0.29, 0.717) is 17.8 Å². The lowest BCUT2D eigenvalue weighted by Gasteiger charge is -2.31. The minimum atomic E-state index is 0.298. The van der Waals surface area contributed by atoms with Gasteiger partial charge in [-0.05, 0) is 68.6 Å². The molecular formula is C26H32N4O3S. The van der Waals surface area contributed by atoms with Crippen LogP contribution in [0.5, 0.6) is 11.5 Å². The molecule has 3 heterocycles. The zero-order valence-electron chi connectivity index (χ0n) is 19.6. The van der Waals surface area contributed by atoms with Gasteiger partial charge in [-0.3, -0.25) is 9.47 Å². The number of piperidine rings is 1. The number of benzene rings is 2. The summed E-state index contributed by atoms with van der Waals surface area (Å²) in [4.78, 5) is 2.47. The smallest absolute Gasteiger partial charge is 0.195 e. The predicted octanol–water partition coefficient (Wildman–Crippen LogP) is 4.63. The Morgan fingerprint density at radius 1 is 1.09 bits per heavy atom. The van der Waals surface area contributed by atoms with E-state index in [1.807, 2.05) is 24.3 Å². The summed E-state index contributed by atoms with van der Waals surface area (Å²) in [5.41, 5.74) is 2.27. The minimum absolute atomic E-state index is 0.298. The van der Waals surface area contributed by atoms with Gasteiger partial charge >= 0.3 is 0 Å². The molecule has 2 aliphatic heterocycles. The SMILES string of the molecule is COc1cccc(-n2c(SCC3CCCO3)nnc2C2CCN(Cc3ccc(O)cc3)CC2)c1. The predicted molar refractivity (Wildman–Crippen MR) is 133 cm³/mol. The average Bonchev–Trinajstić information content (AvgIpc) is 3.55. The van der Waals surface area contributed by atoms with Gasteiger partial charge in [0.2, 0.25) is 0 Å². The molecule has 0 saturated carbocycles. The molecule has 3 aromatic rings. The molecule has 34 heavy (non-hydrogen) atoms. The van der Waals surface area contributed by atoms with Crippen LogP contribution >= 0.6 is 11.8 Å². The fraction of sp³-hybridized carbons (Fsp3) is 0.462. The van der Waals surface area contributed by atoms with Crippen molar-refractivity contribution in [3.63, 3.8) is 0 Å². The molecular weight excluding hydrogens is 448 g/mol. The number of hydrogen-bond acceptors (Lipinski definition) is 7. The van der Waals surface area contributed by atoms with Crippen molar-refractivity contribution in [3.8, 4) is 17.2 Å². The van der Waals surface area contributed by atoms with Crippen molar-refractivity contribution < 1.29 is 14.6 Å². The number of nitrogens with zero attached hydrogens (tertiary/aromatic N) is 4. The first-order valence-electron chi connectivity index (χ1n) is 12.0. The maximum atomic E-state index is 9.53. The normalized spacial score (nSPS) is 19.5. The topological polar surface area (TPSA) is 72.6 Å². The Morgan fingerprint density at radius 2 is 1.91 bits per heavy atom. The van der Waals surface area contributed by atoms with Crippen LogP contribution in [-0.4, -0.2) is 63.4 Å². The zero-order chi connectivity index (χ0) is 23.3. The monoisotopic (exact) mass is 480 g/mol. The van der Waals surface area contributed by atoms with Crippen LogP contribution in [0, 0.1) is 0 Å². The highest BCUT2D eigenvalue weighted by Gasteiger charge is 2.28. The Hall–Kier alpha value is -2.55. The van der Waals surface area contributed by atoms with Crippen LogP contribution in [0.15, 0.2) is 53.7 Å². The number of hydrogen-bond donors (Lipinski definition) is 1. The van der Waals surface area contributed by atoms with Gasteiger partial charge in [-0.2, -0.15) is 0 Å². The third-order valence-electron chi connectivity index (χ3n) is 6.69. The van der Waals surface area contributed by atoms with Crippen molar-refractivity contribution in [1.29, 1.82) is 0 Å². The molecule has 1 aromatic heterocycles. The maximum Gasteiger partial charge on any atom is 0.195 e. The Balaban J connectivity index is 1.32. The number of aromatic nitrogens is 3.